The van der Waals surface area contributed by atoms with E-state index in [0.29, 0.717) is 0 Å². The second-order valence-corrected chi connectivity index (χ2v) is 6.42. The van der Waals surface area contributed by atoms with E-state index in [0.717, 1.165) is 40.4 Å². The van der Waals surface area contributed by atoms with Crippen LogP contribution in [0.1, 0.15) is 0 Å². The van der Waals surface area contributed by atoms with Gasteiger partial charge in [-0.15, -0.1) is 0 Å². The first-order valence-corrected chi connectivity index (χ1v) is 8.02. The van der Waals surface area contributed by atoms with Gasteiger partial charge in [0.15, 0.2) is 0 Å². The van der Waals surface area contributed by atoms with Crippen molar-refractivity contribution in [2.45, 2.75) is 0 Å². The third-order valence-corrected chi connectivity index (χ3v) is 4.31. The Morgan fingerprint density at radius 2 is 1.78 bits per heavy atom. The second-order valence-electron chi connectivity index (χ2n) is 6.01. The van der Waals surface area contributed by atoms with Crippen molar-refractivity contribution >= 4 is 28.3 Å². The van der Waals surface area contributed by atoms with Crippen molar-refractivity contribution < 1.29 is 0 Å². The van der Waals surface area contributed by atoms with Crippen LogP contribution >= 0.6 is 11.6 Å². The molecule has 0 aliphatic carbocycles. The summed E-state index contributed by atoms with van der Waals surface area (Å²) >= 11 is 6.21. The lowest BCUT2D eigenvalue weighted by Gasteiger charge is -2.21. The highest BCUT2D eigenvalue weighted by Gasteiger charge is 2.08. The maximum atomic E-state index is 6.21. The molecule has 0 bridgehead atoms. The number of hydrogen-bond acceptors (Lipinski definition) is 3. The van der Waals surface area contributed by atoms with Crippen molar-refractivity contribution in [3.05, 3.63) is 47.6 Å². The lowest BCUT2D eigenvalue weighted by atomic mass is 10.1. The molecule has 120 valence electrons. The lowest BCUT2D eigenvalue weighted by Crippen LogP contribution is -2.28. The Morgan fingerprint density at radius 1 is 1.04 bits per heavy atom. The third kappa shape index (κ3) is 3.49. The lowest BCUT2D eigenvalue weighted by molar-refractivity contribution is 0.416. The van der Waals surface area contributed by atoms with Crippen molar-refractivity contribution in [3.63, 3.8) is 0 Å². The minimum absolute atomic E-state index is 0.720. The molecule has 0 saturated heterocycles. The average molecular weight is 329 g/mol. The molecule has 4 nitrogen and oxygen atoms in total. The van der Waals surface area contributed by atoms with E-state index in [4.69, 9.17) is 11.6 Å². The number of hydrogen-bond donors (Lipinski definition) is 1. The van der Waals surface area contributed by atoms with Gasteiger partial charge in [0.05, 0.1) is 5.02 Å². The van der Waals surface area contributed by atoms with Crippen LogP contribution in [-0.2, 0) is 0 Å². The zero-order chi connectivity index (χ0) is 16.4. The molecular formula is C18H21ClN4. The van der Waals surface area contributed by atoms with Gasteiger partial charge in [-0.1, -0.05) is 23.7 Å². The van der Waals surface area contributed by atoms with Gasteiger partial charge in [-0.05, 0) is 43.9 Å². The van der Waals surface area contributed by atoms with Gasteiger partial charge in [-0.2, -0.15) is 0 Å². The quantitative estimate of drug-likeness (QED) is 0.772. The zero-order valence-electron chi connectivity index (χ0n) is 13.7. The summed E-state index contributed by atoms with van der Waals surface area (Å²) in [4.78, 5) is 12.1. The predicted molar refractivity (Wildman–Crippen MR) is 98.4 cm³/mol. The van der Waals surface area contributed by atoms with E-state index in [1.807, 2.05) is 6.07 Å². The largest absolute Gasteiger partial charge is 0.373 e. The summed E-state index contributed by atoms with van der Waals surface area (Å²) in [5, 5.41) is 1.67. The first-order valence-electron chi connectivity index (χ1n) is 7.64. The molecule has 0 aliphatic heterocycles. The predicted octanol–water partition coefficient (Wildman–Crippen LogP) is 3.88. The summed E-state index contributed by atoms with van der Waals surface area (Å²) in [5.41, 5.74) is 4.19. The van der Waals surface area contributed by atoms with E-state index < -0.39 is 0 Å². The molecule has 0 aliphatic rings. The van der Waals surface area contributed by atoms with Crippen LogP contribution in [0.3, 0.4) is 0 Å². The van der Waals surface area contributed by atoms with Crippen LogP contribution in [0.2, 0.25) is 5.02 Å². The van der Waals surface area contributed by atoms with Crippen LogP contribution in [0.5, 0.6) is 0 Å². The molecule has 0 spiro atoms. The summed E-state index contributed by atoms with van der Waals surface area (Å²) in [6.07, 6.45) is 1.72. The SMILES string of the molecule is CN(C)CCN(C)c1ccc(-c2cc3c(Cl)ccnc3[nH]2)cc1. The Bertz CT molecular complexity index is 792. The number of pyridine rings is 1. The van der Waals surface area contributed by atoms with Crippen LogP contribution in [0.25, 0.3) is 22.3 Å². The Balaban J connectivity index is 1.82. The molecule has 0 saturated carbocycles. The molecule has 2 heterocycles. The fraction of sp³-hybridized carbons (Fsp3) is 0.278. The molecule has 1 N–H and O–H groups in total. The molecule has 3 aromatic rings. The number of likely N-dealkylation sites (N-methyl/N-ethyl adjacent to an activating group) is 2. The van der Waals surface area contributed by atoms with Crippen LogP contribution in [0.15, 0.2) is 42.6 Å². The minimum Gasteiger partial charge on any atom is -0.373 e. The number of nitrogens with one attached hydrogen (secondary N) is 1. The molecule has 23 heavy (non-hydrogen) atoms. The van der Waals surface area contributed by atoms with Gasteiger partial charge >= 0.3 is 0 Å². The average Bonchev–Trinajstić information content (AvgIpc) is 2.98. The van der Waals surface area contributed by atoms with E-state index in [2.05, 4.69) is 71.2 Å². The highest BCUT2D eigenvalue weighted by atomic mass is 35.5. The number of fused-ring (bicyclic) bond motifs is 1. The number of rotatable bonds is 5. The van der Waals surface area contributed by atoms with E-state index >= 15 is 0 Å². The van der Waals surface area contributed by atoms with Gasteiger partial charge in [-0.25, -0.2) is 4.98 Å². The van der Waals surface area contributed by atoms with Gasteiger partial charge in [0.1, 0.15) is 5.65 Å². The van der Waals surface area contributed by atoms with Crippen LogP contribution < -0.4 is 4.90 Å². The van der Waals surface area contributed by atoms with Crippen LogP contribution in [0, 0.1) is 0 Å². The molecule has 0 radical (unpaired) electrons. The maximum absolute atomic E-state index is 6.21. The number of aromatic amines is 1. The number of anilines is 1. The summed E-state index contributed by atoms with van der Waals surface area (Å²) in [6, 6.07) is 12.4. The molecule has 0 fully saturated rings. The van der Waals surface area contributed by atoms with E-state index in [1.165, 1.54) is 5.69 Å². The van der Waals surface area contributed by atoms with E-state index in [9.17, 15) is 0 Å². The first-order chi connectivity index (χ1) is 11.0. The highest BCUT2D eigenvalue weighted by molar-refractivity contribution is 6.35. The Labute approximate surface area is 141 Å². The van der Waals surface area contributed by atoms with Gasteiger partial charge < -0.3 is 14.8 Å². The van der Waals surface area contributed by atoms with Gasteiger partial charge in [0.2, 0.25) is 0 Å². The smallest absolute Gasteiger partial charge is 0.139 e. The molecule has 0 amide bonds. The number of benzene rings is 1. The van der Waals surface area contributed by atoms with Crippen molar-refractivity contribution in [2.24, 2.45) is 0 Å². The Hall–Kier alpha value is -2.04. The van der Waals surface area contributed by atoms with Crippen molar-refractivity contribution in [3.8, 4) is 11.3 Å². The topological polar surface area (TPSA) is 35.2 Å². The summed E-state index contributed by atoms with van der Waals surface area (Å²) in [6.45, 7) is 2.03. The summed E-state index contributed by atoms with van der Waals surface area (Å²) in [5.74, 6) is 0. The molecule has 0 atom stereocenters. The molecular weight excluding hydrogens is 308 g/mol. The monoisotopic (exact) mass is 328 g/mol. The fourth-order valence-electron chi connectivity index (χ4n) is 2.52. The van der Waals surface area contributed by atoms with Crippen molar-refractivity contribution in [2.75, 3.05) is 39.1 Å². The molecule has 0 unspecified atom stereocenters. The number of halogens is 1. The third-order valence-electron chi connectivity index (χ3n) is 3.98. The first kappa shape index (κ1) is 15.8. The Morgan fingerprint density at radius 3 is 2.43 bits per heavy atom. The van der Waals surface area contributed by atoms with E-state index in [1.54, 1.807) is 6.20 Å². The molecule has 3 rings (SSSR count). The number of nitrogens with zero attached hydrogens (tertiary/aromatic N) is 3. The van der Waals surface area contributed by atoms with Crippen LogP contribution in [0.4, 0.5) is 5.69 Å². The maximum Gasteiger partial charge on any atom is 0.139 e. The normalized spacial score (nSPS) is 11.3. The van der Waals surface area contributed by atoms with E-state index in [-0.39, 0.29) is 0 Å². The molecule has 2 aromatic heterocycles. The summed E-state index contributed by atoms with van der Waals surface area (Å²) < 4.78 is 0. The standard InChI is InChI=1S/C18H21ClN4/c1-22(2)10-11-23(3)14-6-4-13(5-7-14)17-12-15-16(19)8-9-20-18(15)21-17/h4-9,12H,10-11H2,1-3H3,(H,20,21). The van der Waals surface area contributed by atoms with Gasteiger partial charge in [0, 0.05) is 43.1 Å². The molecule has 1 aromatic carbocycles. The van der Waals surface area contributed by atoms with Gasteiger partial charge in [-0.3, -0.25) is 0 Å². The number of aromatic nitrogens is 2. The summed E-state index contributed by atoms with van der Waals surface area (Å²) in [7, 11) is 6.29. The zero-order valence-corrected chi connectivity index (χ0v) is 14.4. The second kappa shape index (κ2) is 6.60. The van der Waals surface area contributed by atoms with Crippen molar-refractivity contribution in [1.82, 2.24) is 14.9 Å². The Kier molecular flexibility index (Phi) is 4.55. The fourth-order valence-corrected chi connectivity index (χ4v) is 2.73. The minimum atomic E-state index is 0.720. The van der Waals surface area contributed by atoms with Crippen LogP contribution in [-0.4, -0.2) is 49.1 Å². The number of H-pyrrole nitrogens is 1. The van der Waals surface area contributed by atoms with Gasteiger partial charge in [0.25, 0.3) is 0 Å². The van der Waals surface area contributed by atoms with Crippen molar-refractivity contribution in [1.29, 1.82) is 0 Å². The molecule has 5 heteroatoms. The highest BCUT2D eigenvalue weighted by Crippen LogP contribution is 2.28.